The summed E-state index contributed by atoms with van der Waals surface area (Å²) in [6, 6.07) is 2.22. The molecular formula is C9H10Cl2FNO2S. The van der Waals surface area contributed by atoms with Gasteiger partial charge in [-0.2, -0.15) is 0 Å². The van der Waals surface area contributed by atoms with Gasteiger partial charge in [0.2, 0.25) is 10.0 Å². The molecule has 7 heteroatoms. The van der Waals surface area contributed by atoms with Crippen molar-refractivity contribution in [3.05, 3.63) is 33.6 Å². The highest BCUT2D eigenvalue weighted by atomic mass is 35.5. The summed E-state index contributed by atoms with van der Waals surface area (Å²) in [6.07, 6.45) is 0. The Bertz CT molecular complexity index is 504. The maximum absolute atomic E-state index is 13.2. The fourth-order valence-corrected chi connectivity index (χ4v) is 2.69. The highest BCUT2D eigenvalue weighted by Crippen LogP contribution is 2.31. The molecule has 0 radical (unpaired) electrons. The number of benzene rings is 1. The standard InChI is InChI=1S/C9H10Cl2FNO2S/c1-5(16(14,15)13-2)6-3-9(12)8(11)4-7(6)10/h3-5,13H,1-2H3. The van der Waals surface area contributed by atoms with Crippen molar-refractivity contribution in [3.63, 3.8) is 0 Å². The summed E-state index contributed by atoms with van der Waals surface area (Å²) in [5, 5.41) is -0.961. The molecule has 0 aliphatic heterocycles. The maximum Gasteiger partial charge on any atom is 0.218 e. The Hall–Kier alpha value is -0.360. The van der Waals surface area contributed by atoms with E-state index in [9.17, 15) is 12.8 Å². The Labute approximate surface area is 104 Å². The normalized spacial score (nSPS) is 13.8. The Morgan fingerprint density at radius 1 is 1.31 bits per heavy atom. The van der Waals surface area contributed by atoms with E-state index in [0.29, 0.717) is 0 Å². The predicted molar refractivity (Wildman–Crippen MR) is 62.8 cm³/mol. The van der Waals surface area contributed by atoms with Crippen LogP contribution in [0.2, 0.25) is 10.0 Å². The molecule has 0 amide bonds. The molecule has 0 aliphatic rings. The highest BCUT2D eigenvalue weighted by molar-refractivity contribution is 7.89. The molecule has 1 aromatic carbocycles. The van der Waals surface area contributed by atoms with Crippen LogP contribution in [-0.2, 0) is 10.0 Å². The molecule has 1 rings (SSSR count). The van der Waals surface area contributed by atoms with Gasteiger partial charge < -0.3 is 0 Å². The van der Waals surface area contributed by atoms with Gasteiger partial charge in [-0.3, -0.25) is 0 Å². The summed E-state index contributed by atoms with van der Waals surface area (Å²) >= 11 is 11.3. The zero-order valence-corrected chi connectivity index (χ0v) is 10.9. The Kier molecular flexibility index (Phi) is 4.17. The van der Waals surface area contributed by atoms with Crippen LogP contribution in [0.25, 0.3) is 0 Å². The molecule has 16 heavy (non-hydrogen) atoms. The summed E-state index contributed by atoms with van der Waals surface area (Å²) < 4.78 is 38.4. The number of hydrogen-bond donors (Lipinski definition) is 1. The van der Waals surface area contributed by atoms with Gasteiger partial charge in [0.1, 0.15) is 5.82 Å². The summed E-state index contributed by atoms with van der Waals surface area (Å²) in [5.74, 6) is -0.695. The first-order valence-electron chi connectivity index (χ1n) is 4.36. The smallest absolute Gasteiger partial charge is 0.218 e. The Morgan fingerprint density at radius 2 is 1.88 bits per heavy atom. The summed E-state index contributed by atoms with van der Waals surface area (Å²) in [7, 11) is -2.26. The lowest BCUT2D eigenvalue weighted by Gasteiger charge is -2.14. The number of rotatable bonds is 3. The molecule has 1 atom stereocenters. The van der Waals surface area contributed by atoms with Gasteiger partial charge in [0.15, 0.2) is 0 Å². The number of sulfonamides is 1. The Morgan fingerprint density at radius 3 is 2.38 bits per heavy atom. The summed E-state index contributed by atoms with van der Waals surface area (Å²) in [6.45, 7) is 1.42. The molecule has 0 aliphatic carbocycles. The molecule has 0 heterocycles. The fraction of sp³-hybridized carbons (Fsp3) is 0.333. The quantitative estimate of drug-likeness (QED) is 0.868. The zero-order valence-electron chi connectivity index (χ0n) is 8.59. The van der Waals surface area contributed by atoms with E-state index in [0.717, 1.165) is 6.07 Å². The van der Waals surface area contributed by atoms with Crippen LogP contribution in [0.4, 0.5) is 4.39 Å². The third kappa shape index (κ3) is 2.66. The second-order valence-electron chi connectivity index (χ2n) is 3.18. The highest BCUT2D eigenvalue weighted by Gasteiger charge is 2.24. The van der Waals surface area contributed by atoms with Crippen molar-refractivity contribution in [3.8, 4) is 0 Å². The minimum absolute atomic E-state index is 0.123. The first-order chi connectivity index (χ1) is 7.29. The predicted octanol–water partition coefficient (Wildman–Crippen LogP) is 2.74. The fourth-order valence-electron chi connectivity index (χ4n) is 1.19. The molecule has 0 spiro atoms. The maximum atomic E-state index is 13.2. The molecule has 0 fully saturated rings. The van der Waals surface area contributed by atoms with Gasteiger partial charge in [0, 0.05) is 5.02 Å². The topological polar surface area (TPSA) is 46.2 Å². The molecule has 0 saturated heterocycles. The second kappa shape index (κ2) is 4.87. The van der Waals surface area contributed by atoms with Crippen molar-refractivity contribution in [1.82, 2.24) is 4.72 Å². The van der Waals surface area contributed by atoms with Crippen molar-refractivity contribution < 1.29 is 12.8 Å². The SMILES string of the molecule is CNS(=O)(=O)C(C)c1cc(F)c(Cl)cc1Cl. The van der Waals surface area contributed by atoms with Crippen LogP contribution < -0.4 is 4.72 Å². The van der Waals surface area contributed by atoms with Crippen LogP contribution in [-0.4, -0.2) is 15.5 Å². The van der Waals surface area contributed by atoms with E-state index in [4.69, 9.17) is 23.2 Å². The van der Waals surface area contributed by atoms with Gasteiger partial charge >= 0.3 is 0 Å². The van der Waals surface area contributed by atoms with Crippen LogP contribution >= 0.6 is 23.2 Å². The largest absolute Gasteiger partial charge is 0.218 e. The van der Waals surface area contributed by atoms with Gasteiger partial charge in [-0.15, -0.1) is 0 Å². The van der Waals surface area contributed by atoms with E-state index in [1.807, 2.05) is 0 Å². The molecule has 90 valence electrons. The van der Waals surface area contributed by atoms with E-state index in [2.05, 4.69) is 4.72 Å². The van der Waals surface area contributed by atoms with E-state index in [1.54, 1.807) is 0 Å². The number of nitrogens with one attached hydrogen (secondary N) is 1. The monoisotopic (exact) mass is 285 g/mol. The Balaban J connectivity index is 3.30. The lowest BCUT2D eigenvalue weighted by Crippen LogP contribution is -2.24. The minimum Gasteiger partial charge on any atom is -0.218 e. The third-order valence-corrected chi connectivity index (χ3v) is 4.60. The number of hydrogen-bond acceptors (Lipinski definition) is 2. The van der Waals surface area contributed by atoms with Gasteiger partial charge in [0.25, 0.3) is 0 Å². The van der Waals surface area contributed by atoms with Crippen LogP contribution in [0.3, 0.4) is 0 Å². The first-order valence-corrected chi connectivity index (χ1v) is 6.66. The van der Waals surface area contributed by atoms with Gasteiger partial charge in [0.05, 0.1) is 10.3 Å². The molecule has 0 aromatic heterocycles. The summed E-state index contributed by atoms with van der Waals surface area (Å²) in [4.78, 5) is 0. The molecule has 1 N–H and O–H groups in total. The van der Waals surface area contributed by atoms with Crippen molar-refractivity contribution >= 4 is 33.2 Å². The van der Waals surface area contributed by atoms with Crippen molar-refractivity contribution in [2.75, 3.05) is 7.05 Å². The van der Waals surface area contributed by atoms with Crippen LogP contribution in [0.5, 0.6) is 0 Å². The average molecular weight is 286 g/mol. The molecular weight excluding hydrogens is 276 g/mol. The van der Waals surface area contributed by atoms with Crippen LogP contribution in [0, 0.1) is 5.82 Å². The lowest BCUT2D eigenvalue weighted by atomic mass is 10.1. The zero-order chi connectivity index (χ0) is 12.5. The summed E-state index contributed by atoms with van der Waals surface area (Å²) in [5.41, 5.74) is 0.179. The molecule has 3 nitrogen and oxygen atoms in total. The molecule has 0 bridgehead atoms. The van der Waals surface area contributed by atoms with Crippen LogP contribution in [0.15, 0.2) is 12.1 Å². The first kappa shape index (κ1) is 13.7. The van der Waals surface area contributed by atoms with E-state index in [-0.39, 0.29) is 15.6 Å². The van der Waals surface area contributed by atoms with Gasteiger partial charge in [-0.1, -0.05) is 23.2 Å². The van der Waals surface area contributed by atoms with Crippen molar-refractivity contribution in [1.29, 1.82) is 0 Å². The average Bonchev–Trinajstić information content (AvgIpc) is 2.22. The van der Waals surface area contributed by atoms with Crippen molar-refractivity contribution in [2.45, 2.75) is 12.2 Å². The van der Waals surface area contributed by atoms with E-state index in [1.165, 1.54) is 20.0 Å². The lowest BCUT2D eigenvalue weighted by molar-refractivity contribution is 0.577. The van der Waals surface area contributed by atoms with E-state index >= 15 is 0 Å². The molecule has 1 aromatic rings. The third-order valence-electron chi connectivity index (χ3n) is 2.23. The van der Waals surface area contributed by atoms with Crippen LogP contribution in [0.1, 0.15) is 17.7 Å². The van der Waals surface area contributed by atoms with Gasteiger partial charge in [-0.05, 0) is 31.7 Å². The van der Waals surface area contributed by atoms with Gasteiger partial charge in [-0.25, -0.2) is 17.5 Å². The van der Waals surface area contributed by atoms with E-state index < -0.39 is 21.1 Å². The van der Waals surface area contributed by atoms with Crippen molar-refractivity contribution in [2.24, 2.45) is 0 Å². The molecule has 0 saturated carbocycles. The number of halogens is 3. The molecule has 1 unspecified atom stereocenters. The second-order valence-corrected chi connectivity index (χ2v) is 6.20. The minimum atomic E-state index is -3.55.